The standard InChI is InChI=1S/C13H22N2O4S/c1-5-14-10(2)9-15-20(16,17)11-6-7-12(18-3)13(8-11)19-4/h6-8,10,14-15H,5,9H2,1-4H3/t10-/m1/s1. The van der Waals surface area contributed by atoms with Gasteiger partial charge in [-0.1, -0.05) is 6.92 Å². The molecule has 7 heteroatoms. The van der Waals surface area contributed by atoms with Crippen molar-refractivity contribution >= 4 is 10.0 Å². The lowest BCUT2D eigenvalue weighted by molar-refractivity contribution is 0.354. The van der Waals surface area contributed by atoms with Crippen molar-refractivity contribution in [2.45, 2.75) is 24.8 Å². The molecule has 0 aromatic heterocycles. The van der Waals surface area contributed by atoms with Crippen molar-refractivity contribution in [1.82, 2.24) is 10.0 Å². The molecule has 0 fully saturated rings. The van der Waals surface area contributed by atoms with E-state index in [0.29, 0.717) is 18.0 Å². The summed E-state index contributed by atoms with van der Waals surface area (Å²) in [5, 5.41) is 3.14. The Morgan fingerprint density at radius 2 is 1.85 bits per heavy atom. The minimum Gasteiger partial charge on any atom is -0.493 e. The summed E-state index contributed by atoms with van der Waals surface area (Å²) in [5.74, 6) is 0.877. The smallest absolute Gasteiger partial charge is 0.240 e. The lowest BCUT2D eigenvalue weighted by Gasteiger charge is -2.14. The molecule has 0 saturated heterocycles. The fraction of sp³-hybridized carbons (Fsp3) is 0.538. The van der Waals surface area contributed by atoms with E-state index < -0.39 is 10.0 Å². The summed E-state index contributed by atoms with van der Waals surface area (Å²) < 4.78 is 37.1. The third kappa shape index (κ3) is 4.36. The molecule has 0 heterocycles. The van der Waals surface area contributed by atoms with E-state index in [9.17, 15) is 8.42 Å². The van der Waals surface area contributed by atoms with Crippen LogP contribution in [0, 0.1) is 0 Å². The molecular formula is C13H22N2O4S. The molecule has 0 radical (unpaired) electrons. The molecule has 1 rings (SSSR count). The number of rotatable bonds is 8. The summed E-state index contributed by atoms with van der Waals surface area (Å²) in [6.07, 6.45) is 0. The molecule has 114 valence electrons. The Balaban J connectivity index is 2.87. The highest BCUT2D eigenvalue weighted by Crippen LogP contribution is 2.29. The highest BCUT2D eigenvalue weighted by molar-refractivity contribution is 7.89. The average molecular weight is 302 g/mol. The molecule has 0 bridgehead atoms. The summed E-state index contributed by atoms with van der Waals surface area (Å²) in [6.45, 7) is 5.00. The molecule has 0 amide bonds. The number of hydrogen-bond acceptors (Lipinski definition) is 5. The molecule has 2 N–H and O–H groups in total. The number of likely N-dealkylation sites (N-methyl/N-ethyl adjacent to an activating group) is 1. The van der Waals surface area contributed by atoms with Gasteiger partial charge in [0.15, 0.2) is 11.5 Å². The Hall–Kier alpha value is -1.31. The van der Waals surface area contributed by atoms with Crippen molar-refractivity contribution in [2.24, 2.45) is 0 Å². The molecule has 1 atom stereocenters. The second-order valence-corrected chi connectivity index (χ2v) is 6.09. The van der Waals surface area contributed by atoms with Crippen molar-refractivity contribution in [3.05, 3.63) is 18.2 Å². The van der Waals surface area contributed by atoms with Crippen molar-refractivity contribution in [3.8, 4) is 11.5 Å². The number of sulfonamides is 1. The fourth-order valence-corrected chi connectivity index (χ4v) is 2.87. The number of methoxy groups -OCH3 is 2. The zero-order valence-corrected chi connectivity index (χ0v) is 13.1. The van der Waals surface area contributed by atoms with Gasteiger partial charge in [-0.2, -0.15) is 0 Å². The highest BCUT2D eigenvalue weighted by atomic mass is 32.2. The quantitative estimate of drug-likeness (QED) is 0.748. The van der Waals surface area contributed by atoms with Gasteiger partial charge in [0.25, 0.3) is 0 Å². The average Bonchev–Trinajstić information content (AvgIpc) is 2.44. The third-order valence-electron chi connectivity index (χ3n) is 2.80. The van der Waals surface area contributed by atoms with Crippen LogP contribution in [0.5, 0.6) is 11.5 Å². The number of ether oxygens (including phenoxy) is 2. The maximum absolute atomic E-state index is 12.2. The normalized spacial score (nSPS) is 13.0. The van der Waals surface area contributed by atoms with Crippen LogP contribution < -0.4 is 19.5 Å². The van der Waals surface area contributed by atoms with E-state index in [0.717, 1.165) is 6.54 Å². The van der Waals surface area contributed by atoms with E-state index in [1.807, 2.05) is 13.8 Å². The molecule has 6 nitrogen and oxygen atoms in total. The third-order valence-corrected chi connectivity index (χ3v) is 4.22. The van der Waals surface area contributed by atoms with Gasteiger partial charge in [0.2, 0.25) is 10.0 Å². The van der Waals surface area contributed by atoms with Crippen LogP contribution in [0.15, 0.2) is 23.1 Å². The fourth-order valence-electron chi connectivity index (χ4n) is 1.72. The molecule has 20 heavy (non-hydrogen) atoms. The Labute approximate surface area is 120 Å². The van der Waals surface area contributed by atoms with E-state index in [-0.39, 0.29) is 10.9 Å². The summed E-state index contributed by atoms with van der Waals surface area (Å²) >= 11 is 0. The van der Waals surface area contributed by atoms with Crippen LogP contribution >= 0.6 is 0 Å². The Kier molecular flexibility index (Phi) is 6.25. The topological polar surface area (TPSA) is 76.7 Å². The predicted octanol–water partition coefficient (Wildman–Crippen LogP) is 0.980. The monoisotopic (exact) mass is 302 g/mol. The predicted molar refractivity (Wildman–Crippen MR) is 77.9 cm³/mol. The second kappa shape index (κ2) is 7.47. The van der Waals surface area contributed by atoms with Gasteiger partial charge < -0.3 is 14.8 Å². The van der Waals surface area contributed by atoms with Crippen molar-refractivity contribution in [1.29, 1.82) is 0 Å². The van der Waals surface area contributed by atoms with Crippen LogP contribution in [0.4, 0.5) is 0 Å². The molecule has 0 aliphatic carbocycles. The van der Waals surface area contributed by atoms with Crippen LogP contribution in [-0.2, 0) is 10.0 Å². The van der Waals surface area contributed by atoms with Crippen LogP contribution in [0.25, 0.3) is 0 Å². The second-order valence-electron chi connectivity index (χ2n) is 4.33. The van der Waals surface area contributed by atoms with Crippen molar-refractivity contribution in [3.63, 3.8) is 0 Å². The van der Waals surface area contributed by atoms with E-state index in [4.69, 9.17) is 9.47 Å². The van der Waals surface area contributed by atoms with Gasteiger partial charge in [-0.15, -0.1) is 0 Å². The molecule has 0 aliphatic rings. The minimum absolute atomic E-state index is 0.0647. The molecule has 1 aromatic carbocycles. The first kappa shape index (κ1) is 16.7. The molecule has 0 unspecified atom stereocenters. The van der Waals surface area contributed by atoms with E-state index >= 15 is 0 Å². The van der Waals surface area contributed by atoms with Gasteiger partial charge in [0.05, 0.1) is 19.1 Å². The number of benzene rings is 1. The van der Waals surface area contributed by atoms with Gasteiger partial charge in [-0.25, -0.2) is 13.1 Å². The van der Waals surface area contributed by atoms with Crippen LogP contribution in [0.3, 0.4) is 0 Å². The van der Waals surface area contributed by atoms with Crippen LogP contribution in [-0.4, -0.2) is 41.8 Å². The van der Waals surface area contributed by atoms with E-state index in [1.165, 1.54) is 26.4 Å². The summed E-state index contributed by atoms with van der Waals surface area (Å²) in [4.78, 5) is 0.152. The number of nitrogens with one attached hydrogen (secondary N) is 2. The van der Waals surface area contributed by atoms with Crippen LogP contribution in [0.2, 0.25) is 0 Å². The summed E-state index contributed by atoms with van der Waals surface area (Å²) in [5.41, 5.74) is 0. The summed E-state index contributed by atoms with van der Waals surface area (Å²) in [7, 11) is -0.587. The first-order chi connectivity index (χ1) is 9.44. The number of hydrogen-bond donors (Lipinski definition) is 2. The molecular weight excluding hydrogens is 280 g/mol. The molecule has 1 aromatic rings. The van der Waals surface area contributed by atoms with Crippen molar-refractivity contribution in [2.75, 3.05) is 27.3 Å². The Bertz CT molecular complexity index is 531. The molecule has 0 saturated carbocycles. The maximum Gasteiger partial charge on any atom is 0.240 e. The Morgan fingerprint density at radius 3 is 2.40 bits per heavy atom. The maximum atomic E-state index is 12.2. The van der Waals surface area contributed by atoms with Gasteiger partial charge >= 0.3 is 0 Å². The van der Waals surface area contributed by atoms with Gasteiger partial charge in [-0.05, 0) is 25.6 Å². The highest BCUT2D eigenvalue weighted by Gasteiger charge is 2.17. The van der Waals surface area contributed by atoms with E-state index in [1.54, 1.807) is 6.07 Å². The molecule has 0 spiro atoms. The van der Waals surface area contributed by atoms with Gasteiger partial charge in [0.1, 0.15) is 0 Å². The lowest BCUT2D eigenvalue weighted by Crippen LogP contribution is -2.38. The van der Waals surface area contributed by atoms with Gasteiger partial charge in [-0.3, -0.25) is 0 Å². The van der Waals surface area contributed by atoms with E-state index in [2.05, 4.69) is 10.0 Å². The summed E-state index contributed by atoms with van der Waals surface area (Å²) in [6, 6.07) is 4.57. The zero-order chi connectivity index (χ0) is 15.2. The first-order valence-electron chi connectivity index (χ1n) is 6.39. The molecule has 0 aliphatic heterocycles. The largest absolute Gasteiger partial charge is 0.493 e. The Morgan fingerprint density at radius 1 is 1.20 bits per heavy atom. The van der Waals surface area contributed by atoms with Gasteiger partial charge in [0, 0.05) is 18.7 Å². The minimum atomic E-state index is -3.56. The first-order valence-corrected chi connectivity index (χ1v) is 7.88. The SMILES string of the molecule is CCN[C@H](C)CNS(=O)(=O)c1ccc(OC)c(OC)c1. The van der Waals surface area contributed by atoms with Crippen molar-refractivity contribution < 1.29 is 17.9 Å². The zero-order valence-electron chi connectivity index (χ0n) is 12.3. The van der Waals surface area contributed by atoms with Crippen LogP contribution in [0.1, 0.15) is 13.8 Å². The lowest BCUT2D eigenvalue weighted by atomic mass is 10.3.